The molecule has 0 radical (unpaired) electrons. The molecule has 0 atom stereocenters. The summed E-state index contributed by atoms with van der Waals surface area (Å²) in [5.74, 6) is 0. The van der Waals surface area contributed by atoms with Crippen LogP contribution >= 0.6 is 0 Å². The maximum Gasteiger partial charge on any atom is 0.136 e. The summed E-state index contributed by atoms with van der Waals surface area (Å²) in [4.78, 5) is 2.39. The average Bonchev–Trinajstić information content (AvgIpc) is 2.73. The molecule has 1 aliphatic heterocycles. The van der Waals surface area contributed by atoms with Crippen LogP contribution in [0.15, 0.2) is 28.9 Å². The first-order valence-electron chi connectivity index (χ1n) is 5.78. The molecular formula is C13H16N2O. The second-order valence-corrected chi connectivity index (χ2v) is 4.36. The molecule has 3 rings (SSSR count). The number of nitrogens with one attached hydrogen (secondary N) is 1. The summed E-state index contributed by atoms with van der Waals surface area (Å²) in [6.45, 7) is 6.34. The van der Waals surface area contributed by atoms with Crippen LogP contribution in [0.5, 0.6) is 0 Å². The molecule has 0 spiro atoms. The van der Waals surface area contributed by atoms with Crippen LogP contribution in [0.2, 0.25) is 0 Å². The van der Waals surface area contributed by atoms with Gasteiger partial charge >= 0.3 is 0 Å². The molecule has 0 amide bonds. The molecular weight excluding hydrogens is 200 g/mol. The lowest BCUT2D eigenvalue weighted by Gasteiger charge is -2.28. The Balaban J connectivity index is 2.05. The molecule has 2 heterocycles. The van der Waals surface area contributed by atoms with Crippen LogP contribution in [0, 0.1) is 6.92 Å². The van der Waals surface area contributed by atoms with Crippen molar-refractivity contribution in [3.63, 3.8) is 0 Å². The number of fused-ring (bicyclic) bond motifs is 1. The molecule has 1 aliphatic rings. The average molecular weight is 216 g/mol. The highest BCUT2D eigenvalue weighted by Gasteiger charge is 2.15. The highest BCUT2D eigenvalue weighted by atomic mass is 16.3. The Bertz CT molecular complexity index is 498. The molecule has 3 nitrogen and oxygen atoms in total. The van der Waals surface area contributed by atoms with E-state index in [1.807, 2.05) is 6.26 Å². The fourth-order valence-corrected chi connectivity index (χ4v) is 2.28. The van der Waals surface area contributed by atoms with E-state index >= 15 is 0 Å². The molecule has 84 valence electrons. The minimum atomic E-state index is 0.985. The van der Waals surface area contributed by atoms with Crippen LogP contribution in [0.1, 0.15) is 5.56 Å². The van der Waals surface area contributed by atoms with E-state index in [1.54, 1.807) is 0 Å². The maximum atomic E-state index is 5.60. The molecule has 1 saturated heterocycles. The van der Waals surface area contributed by atoms with Crippen molar-refractivity contribution in [3.8, 4) is 0 Å². The van der Waals surface area contributed by atoms with E-state index in [9.17, 15) is 0 Å². The second-order valence-electron chi connectivity index (χ2n) is 4.36. The smallest absolute Gasteiger partial charge is 0.136 e. The van der Waals surface area contributed by atoms with Crippen LogP contribution in [0.3, 0.4) is 0 Å². The van der Waals surface area contributed by atoms with Crippen molar-refractivity contribution in [1.29, 1.82) is 0 Å². The van der Waals surface area contributed by atoms with Crippen molar-refractivity contribution in [3.05, 3.63) is 30.0 Å². The van der Waals surface area contributed by atoms with Gasteiger partial charge in [0.1, 0.15) is 11.8 Å². The van der Waals surface area contributed by atoms with Crippen molar-refractivity contribution in [2.45, 2.75) is 6.92 Å². The Hall–Kier alpha value is -1.48. The minimum Gasteiger partial charge on any atom is -0.462 e. The number of hydrogen-bond acceptors (Lipinski definition) is 3. The van der Waals surface area contributed by atoms with Crippen LogP contribution in [0.4, 0.5) is 5.69 Å². The van der Waals surface area contributed by atoms with Crippen molar-refractivity contribution in [2.24, 2.45) is 0 Å². The third-order valence-electron chi connectivity index (χ3n) is 3.17. The van der Waals surface area contributed by atoms with Crippen LogP contribution in [-0.2, 0) is 0 Å². The summed E-state index contributed by atoms with van der Waals surface area (Å²) >= 11 is 0. The summed E-state index contributed by atoms with van der Waals surface area (Å²) in [5.41, 5.74) is 3.50. The number of piperazine rings is 1. The first kappa shape index (κ1) is 9.73. The van der Waals surface area contributed by atoms with Crippen molar-refractivity contribution < 1.29 is 4.42 Å². The third-order valence-corrected chi connectivity index (χ3v) is 3.17. The molecule has 1 N–H and O–H groups in total. The standard InChI is InChI=1S/C13H16N2O/c1-10-2-3-13-11(8-10)12(9-16-13)15-6-4-14-5-7-15/h2-3,8-9,14H,4-7H2,1H3. The van der Waals surface area contributed by atoms with E-state index in [-0.39, 0.29) is 0 Å². The quantitative estimate of drug-likeness (QED) is 0.791. The highest BCUT2D eigenvalue weighted by Crippen LogP contribution is 2.29. The SMILES string of the molecule is Cc1ccc2occ(N3CCNCC3)c2c1. The van der Waals surface area contributed by atoms with Crippen molar-refractivity contribution in [1.82, 2.24) is 5.32 Å². The maximum absolute atomic E-state index is 5.60. The summed E-state index contributed by atoms with van der Waals surface area (Å²) in [6.07, 6.45) is 1.88. The van der Waals surface area contributed by atoms with Gasteiger partial charge in [-0.15, -0.1) is 0 Å². The van der Waals surface area contributed by atoms with Gasteiger partial charge in [-0.1, -0.05) is 11.6 Å². The molecule has 1 fully saturated rings. The molecule has 0 aliphatic carbocycles. The van der Waals surface area contributed by atoms with Gasteiger partial charge in [0, 0.05) is 31.6 Å². The Morgan fingerprint density at radius 2 is 2.06 bits per heavy atom. The van der Waals surface area contributed by atoms with Gasteiger partial charge in [-0.2, -0.15) is 0 Å². The van der Waals surface area contributed by atoms with Gasteiger partial charge in [0.05, 0.1) is 5.69 Å². The monoisotopic (exact) mass is 216 g/mol. The van der Waals surface area contributed by atoms with E-state index in [0.717, 1.165) is 31.8 Å². The van der Waals surface area contributed by atoms with E-state index in [4.69, 9.17) is 4.42 Å². The third kappa shape index (κ3) is 1.57. The van der Waals surface area contributed by atoms with E-state index < -0.39 is 0 Å². The molecule has 2 aromatic rings. The number of benzene rings is 1. The zero-order valence-corrected chi connectivity index (χ0v) is 9.49. The van der Waals surface area contributed by atoms with Gasteiger partial charge in [0.2, 0.25) is 0 Å². The number of rotatable bonds is 1. The van der Waals surface area contributed by atoms with Gasteiger partial charge in [-0.3, -0.25) is 0 Å². The molecule has 16 heavy (non-hydrogen) atoms. The molecule has 1 aromatic heterocycles. The number of anilines is 1. The van der Waals surface area contributed by atoms with Gasteiger partial charge in [0.25, 0.3) is 0 Å². The van der Waals surface area contributed by atoms with E-state index in [0.29, 0.717) is 0 Å². The number of hydrogen-bond donors (Lipinski definition) is 1. The molecule has 0 unspecified atom stereocenters. The summed E-state index contributed by atoms with van der Waals surface area (Å²) < 4.78 is 5.60. The Morgan fingerprint density at radius 3 is 2.88 bits per heavy atom. The van der Waals surface area contributed by atoms with Gasteiger partial charge < -0.3 is 14.6 Å². The normalized spacial score (nSPS) is 16.9. The zero-order valence-electron chi connectivity index (χ0n) is 9.49. The number of aryl methyl sites for hydroxylation is 1. The van der Waals surface area contributed by atoms with E-state index in [1.165, 1.54) is 16.6 Å². The lowest BCUT2D eigenvalue weighted by molar-refractivity contribution is 0.578. The molecule has 1 aromatic carbocycles. The first-order chi connectivity index (χ1) is 7.84. The topological polar surface area (TPSA) is 28.4 Å². The van der Waals surface area contributed by atoms with E-state index in [2.05, 4.69) is 35.3 Å². The summed E-state index contributed by atoms with van der Waals surface area (Å²) in [6, 6.07) is 6.35. The first-order valence-corrected chi connectivity index (χ1v) is 5.78. The predicted octanol–water partition coefficient (Wildman–Crippen LogP) is 2.15. The fraction of sp³-hybridized carbons (Fsp3) is 0.385. The molecule has 3 heteroatoms. The molecule has 0 bridgehead atoms. The minimum absolute atomic E-state index is 0.985. The Kier molecular flexibility index (Phi) is 2.33. The van der Waals surface area contributed by atoms with Crippen molar-refractivity contribution >= 4 is 16.7 Å². The lowest BCUT2D eigenvalue weighted by atomic mass is 10.1. The lowest BCUT2D eigenvalue weighted by Crippen LogP contribution is -2.43. The predicted molar refractivity (Wildman–Crippen MR) is 66.0 cm³/mol. The second kappa shape index (κ2) is 3.83. The van der Waals surface area contributed by atoms with Crippen molar-refractivity contribution in [2.75, 3.05) is 31.1 Å². The number of furan rings is 1. The van der Waals surface area contributed by atoms with Crippen LogP contribution < -0.4 is 10.2 Å². The van der Waals surface area contributed by atoms with Crippen LogP contribution in [-0.4, -0.2) is 26.2 Å². The summed E-state index contributed by atoms with van der Waals surface area (Å²) in [7, 11) is 0. The number of nitrogens with zero attached hydrogens (tertiary/aromatic N) is 1. The van der Waals surface area contributed by atoms with Gasteiger partial charge in [0.15, 0.2) is 0 Å². The van der Waals surface area contributed by atoms with Gasteiger partial charge in [-0.25, -0.2) is 0 Å². The zero-order chi connectivity index (χ0) is 11.0. The molecule has 0 saturated carbocycles. The fourth-order valence-electron chi connectivity index (χ4n) is 2.28. The highest BCUT2D eigenvalue weighted by molar-refractivity contribution is 5.91. The largest absolute Gasteiger partial charge is 0.462 e. The summed E-state index contributed by atoms with van der Waals surface area (Å²) in [5, 5.41) is 4.60. The van der Waals surface area contributed by atoms with Gasteiger partial charge in [-0.05, 0) is 19.1 Å². The Labute approximate surface area is 95.0 Å². The van der Waals surface area contributed by atoms with Crippen LogP contribution in [0.25, 0.3) is 11.0 Å². The Morgan fingerprint density at radius 1 is 1.25 bits per heavy atom.